The molecular formula is C25H26FN5O2. The molecule has 0 fully saturated rings. The molecule has 1 heterocycles. The third-order valence-electron chi connectivity index (χ3n) is 5.55. The van der Waals surface area contributed by atoms with Gasteiger partial charge in [0.1, 0.15) is 5.82 Å². The van der Waals surface area contributed by atoms with E-state index in [1.54, 1.807) is 36.2 Å². The topological polar surface area (TPSA) is 109 Å². The normalized spacial score (nSPS) is 18.7. The fourth-order valence-electron chi connectivity index (χ4n) is 4.25. The smallest absolute Gasteiger partial charge is 0.254 e. The summed E-state index contributed by atoms with van der Waals surface area (Å²) in [5, 5.41) is 20.0. The molecule has 7 nitrogen and oxygen atoms in total. The van der Waals surface area contributed by atoms with Crippen LogP contribution in [-0.4, -0.2) is 48.8 Å². The van der Waals surface area contributed by atoms with E-state index in [4.69, 9.17) is 5.41 Å². The van der Waals surface area contributed by atoms with E-state index in [1.165, 1.54) is 24.4 Å². The van der Waals surface area contributed by atoms with E-state index < -0.39 is 29.6 Å². The van der Waals surface area contributed by atoms with Crippen molar-refractivity contribution < 1.29 is 14.0 Å². The van der Waals surface area contributed by atoms with Crippen LogP contribution in [0.25, 0.3) is 0 Å². The maximum absolute atomic E-state index is 14.3. The number of anilines is 1. The molecule has 3 atom stereocenters. The quantitative estimate of drug-likeness (QED) is 0.629. The van der Waals surface area contributed by atoms with E-state index in [0.29, 0.717) is 17.8 Å². The molecule has 170 valence electrons. The van der Waals surface area contributed by atoms with E-state index in [0.717, 1.165) is 6.21 Å². The third kappa shape index (κ3) is 4.98. The summed E-state index contributed by atoms with van der Waals surface area (Å²) in [7, 11) is 1.56. The molecule has 3 rings (SSSR count). The molecule has 1 unspecified atom stereocenters. The highest BCUT2D eigenvalue weighted by atomic mass is 19.1. The van der Waals surface area contributed by atoms with E-state index in [1.807, 2.05) is 19.9 Å². The van der Waals surface area contributed by atoms with E-state index in [-0.39, 0.29) is 23.0 Å². The summed E-state index contributed by atoms with van der Waals surface area (Å²) in [6.07, 6.45) is 2.68. The molecule has 2 amide bonds. The summed E-state index contributed by atoms with van der Waals surface area (Å²) in [6, 6.07) is 11.6. The first kappa shape index (κ1) is 23.8. The Balaban J connectivity index is 2.17. The molecule has 0 bridgehead atoms. The summed E-state index contributed by atoms with van der Waals surface area (Å²) in [6.45, 7) is 4.27. The average Bonchev–Trinajstić information content (AvgIpc) is 2.79. The molecule has 0 spiro atoms. The number of carbonyl (C=O) groups is 2. The van der Waals surface area contributed by atoms with Crippen LogP contribution in [0.2, 0.25) is 0 Å². The van der Waals surface area contributed by atoms with Crippen molar-refractivity contribution in [3.63, 3.8) is 0 Å². The van der Waals surface area contributed by atoms with Crippen LogP contribution in [0.5, 0.6) is 0 Å². The van der Waals surface area contributed by atoms with Gasteiger partial charge in [0, 0.05) is 37.3 Å². The van der Waals surface area contributed by atoms with Crippen LogP contribution in [0.15, 0.2) is 47.5 Å². The number of nitrogens with zero attached hydrogens (tertiary/aromatic N) is 3. The Bertz CT molecular complexity index is 1140. The first-order valence-corrected chi connectivity index (χ1v) is 10.6. The van der Waals surface area contributed by atoms with E-state index in [2.05, 4.69) is 10.3 Å². The standard InChI is InChI=1S/C25H26FN5O2/c1-15(2)14-31-23(17(12-28)13-29-3)22(21-10-18(26)7-8-20(21)25(31)33)24(32)30-19-6-4-5-16(9-19)11-27/h4-10,12-13,15,17,22-23,28H,14H2,1-3H3,(H,30,32)/t17?,22-,23+/m0/s1. The summed E-state index contributed by atoms with van der Waals surface area (Å²) in [5.41, 5.74) is 1.33. The van der Waals surface area contributed by atoms with Gasteiger partial charge in [-0.3, -0.25) is 9.59 Å². The van der Waals surface area contributed by atoms with Crippen molar-refractivity contribution in [2.24, 2.45) is 16.8 Å². The van der Waals surface area contributed by atoms with Gasteiger partial charge in [-0.2, -0.15) is 5.26 Å². The zero-order valence-corrected chi connectivity index (χ0v) is 18.7. The van der Waals surface area contributed by atoms with Gasteiger partial charge < -0.3 is 20.6 Å². The maximum atomic E-state index is 14.3. The lowest BCUT2D eigenvalue weighted by Crippen LogP contribution is -2.56. The minimum absolute atomic E-state index is 0.0967. The Morgan fingerprint density at radius 3 is 2.73 bits per heavy atom. The highest BCUT2D eigenvalue weighted by molar-refractivity contribution is 6.05. The van der Waals surface area contributed by atoms with Crippen LogP contribution in [0.4, 0.5) is 10.1 Å². The number of rotatable bonds is 7. The number of halogens is 1. The first-order valence-electron chi connectivity index (χ1n) is 10.6. The highest BCUT2D eigenvalue weighted by Crippen LogP contribution is 2.38. The fraction of sp³-hybridized carbons (Fsp3) is 0.320. The number of fused-ring (bicyclic) bond motifs is 1. The molecule has 2 N–H and O–H groups in total. The Labute approximate surface area is 192 Å². The molecule has 0 aliphatic carbocycles. The largest absolute Gasteiger partial charge is 0.333 e. The second-order valence-corrected chi connectivity index (χ2v) is 8.38. The van der Waals surface area contributed by atoms with Crippen molar-refractivity contribution in [3.05, 3.63) is 65.0 Å². The van der Waals surface area contributed by atoms with Crippen molar-refractivity contribution in [2.75, 3.05) is 18.9 Å². The van der Waals surface area contributed by atoms with Crippen LogP contribution in [0.1, 0.15) is 41.3 Å². The van der Waals surface area contributed by atoms with Gasteiger partial charge in [0.2, 0.25) is 5.91 Å². The summed E-state index contributed by atoms with van der Waals surface area (Å²) >= 11 is 0. The van der Waals surface area contributed by atoms with Gasteiger partial charge in [0.25, 0.3) is 5.91 Å². The molecule has 0 saturated heterocycles. The molecule has 0 saturated carbocycles. The summed E-state index contributed by atoms with van der Waals surface area (Å²) in [5.74, 6) is -2.84. The minimum Gasteiger partial charge on any atom is -0.333 e. The van der Waals surface area contributed by atoms with Gasteiger partial charge in [-0.05, 0) is 47.9 Å². The molecule has 0 aromatic heterocycles. The SMILES string of the molecule is CN=CC(C=N)[C@@H]1[C@@H](C(=O)Nc2cccc(C#N)c2)c2cc(F)ccc2C(=O)N1CC(C)C. The predicted molar refractivity (Wildman–Crippen MR) is 125 cm³/mol. The number of hydrogen-bond donors (Lipinski definition) is 2. The second-order valence-electron chi connectivity index (χ2n) is 8.38. The minimum atomic E-state index is -0.956. The van der Waals surface area contributed by atoms with Crippen molar-refractivity contribution in [1.29, 1.82) is 10.7 Å². The van der Waals surface area contributed by atoms with Crippen LogP contribution >= 0.6 is 0 Å². The number of aliphatic imine (C=N–C) groups is 1. The number of amides is 2. The second kappa shape index (κ2) is 10.2. The number of nitriles is 1. The highest BCUT2D eigenvalue weighted by Gasteiger charge is 2.46. The number of benzene rings is 2. The Hall–Kier alpha value is -3.86. The van der Waals surface area contributed by atoms with Gasteiger partial charge >= 0.3 is 0 Å². The van der Waals surface area contributed by atoms with Gasteiger partial charge in [-0.1, -0.05) is 19.9 Å². The summed E-state index contributed by atoms with van der Waals surface area (Å²) < 4.78 is 14.3. The van der Waals surface area contributed by atoms with Crippen LogP contribution in [-0.2, 0) is 4.79 Å². The van der Waals surface area contributed by atoms with E-state index >= 15 is 0 Å². The molecule has 0 radical (unpaired) electrons. The predicted octanol–water partition coefficient (Wildman–Crippen LogP) is 3.87. The third-order valence-corrected chi connectivity index (χ3v) is 5.55. The van der Waals surface area contributed by atoms with Crippen molar-refractivity contribution in [3.8, 4) is 6.07 Å². The molecule has 2 aromatic rings. The van der Waals surface area contributed by atoms with Crippen molar-refractivity contribution >= 4 is 29.9 Å². The van der Waals surface area contributed by atoms with Crippen LogP contribution in [0, 0.1) is 34.4 Å². The van der Waals surface area contributed by atoms with Gasteiger partial charge in [-0.25, -0.2) is 4.39 Å². The molecule has 1 aliphatic rings. The van der Waals surface area contributed by atoms with Crippen LogP contribution < -0.4 is 5.32 Å². The molecule has 1 aliphatic heterocycles. The van der Waals surface area contributed by atoms with Gasteiger partial charge in [-0.15, -0.1) is 0 Å². The zero-order valence-electron chi connectivity index (χ0n) is 18.7. The molecular weight excluding hydrogens is 421 g/mol. The lowest BCUT2D eigenvalue weighted by atomic mass is 9.76. The van der Waals surface area contributed by atoms with Crippen LogP contribution in [0.3, 0.4) is 0 Å². The van der Waals surface area contributed by atoms with Crippen molar-refractivity contribution in [1.82, 2.24) is 4.90 Å². The van der Waals surface area contributed by atoms with Gasteiger partial charge in [0.15, 0.2) is 0 Å². The lowest BCUT2D eigenvalue weighted by Gasteiger charge is -2.44. The Kier molecular flexibility index (Phi) is 7.34. The first-order chi connectivity index (χ1) is 15.8. The average molecular weight is 448 g/mol. The number of nitrogens with one attached hydrogen (secondary N) is 2. The maximum Gasteiger partial charge on any atom is 0.254 e. The molecule has 2 aromatic carbocycles. The summed E-state index contributed by atoms with van der Waals surface area (Å²) in [4.78, 5) is 32.7. The van der Waals surface area contributed by atoms with Gasteiger partial charge in [0.05, 0.1) is 29.5 Å². The number of hydrogen-bond acceptors (Lipinski definition) is 5. The van der Waals surface area contributed by atoms with E-state index in [9.17, 15) is 19.2 Å². The van der Waals surface area contributed by atoms with Crippen molar-refractivity contribution in [2.45, 2.75) is 25.8 Å². The lowest BCUT2D eigenvalue weighted by molar-refractivity contribution is -0.119. The Morgan fingerprint density at radius 1 is 1.33 bits per heavy atom. The Morgan fingerprint density at radius 2 is 2.09 bits per heavy atom. The zero-order chi connectivity index (χ0) is 24.1. The molecule has 8 heteroatoms. The molecule has 33 heavy (non-hydrogen) atoms. The number of carbonyl (C=O) groups excluding carboxylic acids is 2. The monoisotopic (exact) mass is 447 g/mol. The fourth-order valence-corrected chi connectivity index (χ4v) is 4.25.